The van der Waals surface area contributed by atoms with Crippen LogP contribution in [0.1, 0.15) is 15.9 Å². The number of ketones is 1. The van der Waals surface area contributed by atoms with Gasteiger partial charge in [-0.3, -0.25) is 14.6 Å². The van der Waals surface area contributed by atoms with E-state index in [-0.39, 0.29) is 5.78 Å². The van der Waals surface area contributed by atoms with Gasteiger partial charge in [0.2, 0.25) is 0 Å². The molecule has 4 heteroatoms. The lowest BCUT2D eigenvalue weighted by atomic mass is 9.93. The summed E-state index contributed by atoms with van der Waals surface area (Å²) in [6, 6.07) is 5.39. The van der Waals surface area contributed by atoms with E-state index >= 15 is 0 Å². The molecule has 0 bridgehead atoms. The lowest BCUT2D eigenvalue weighted by Crippen LogP contribution is -2.28. The van der Waals surface area contributed by atoms with E-state index in [1.54, 1.807) is 12.1 Å². The molecule has 0 N–H and O–H groups in total. The molecule has 1 heterocycles. The van der Waals surface area contributed by atoms with Gasteiger partial charge in [-0.2, -0.15) is 0 Å². The van der Waals surface area contributed by atoms with Gasteiger partial charge in [0.1, 0.15) is 0 Å². The molecule has 1 unspecified atom stereocenters. The summed E-state index contributed by atoms with van der Waals surface area (Å²) >= 11 is 0. The van der Waals surface area contributed by atoms with Gasteiger partial charge in [0, 0.05) is 11.8 Å². The Labute approximate surface area is 92.9 Å². The van der Waals surface area contributed by atoms with Crippen molar-refractivity contribution >= 4 is 23.7 Å². The lowest BCUT2D eigenvalue weighted by molar-refractivity contribution is -0.141. The van der Waals surface area contributed by atoms with Crippen LogP contribution in [0, 0.1) is 12.8 Å². The topological polar surface area (TPSA) is 55.7 Å². The van der Waals surface area contributed by atoms with Crippen LogP contribution in [0.25, 0.3) is 0 Å². The van der Waals surface area contributed by atoms with E-state index in [9.17, 15) is 9.59 Å². The summed E-state index contributed by atoms with van der Waals surface area (Å²) in [5.74, 6) is -1.72. The molecule has 1 aliphatic rings. The van der Waals surface area contributed by atoms with E-state index in [2.05, 4.69) is 9.73 Å². The van der Waals surface area contributed by atoms with Crippen molar-refractivity contribution in [1.82, 2.24) is 0 Å². The maximum absolute atomic E-state index is 12.0. The number of Topliss-reactive ketones (excluding diaryl/α,β-unsaturated/α-hetero) is 1. The predicted molar refractivity (Wildman–Crippen MR) is 59.2 cm³/mol. The van der Waals surface area contributed by atoms with E-state index in [0.717, 1.165) is 5.56 Å². The molecule has 0 fully saturated rings. The highest BCUT2D eigenvalue weighted by Crippen LogP contribution is 2.27. The smallest absolute Gasteiger partial charge is 0.322 e. The quantitative estimate of drug-likeness (QED) is 0.531. The Morgan fingerprint density at radius 3 is 2.88 bits per heavy atom. The molecule has 0 spiro atoms. The second-order valence-corrected chi connectivity index (χ2v) is 3.66. The van der Waals surface area contributed by atoms with Crippen molar-refractivity contribution in [2.24, 2.45) is 10.9 Å². The van der Waals surface area contributed by atoms with Crippen LogP contribution in [-0.2, 0) is 9.53 Å². The molecule has 0 aliphatic carbocycles. The summed E-state index contributed by atoms with van der Waals surface area (Å²) in [7, 11) is 1.26. The van der Waals surface area contributed by atoms with Crippen molar-refractivity contribution in [2.75, 3.05) is 7.11 Å². The first kappa shape index (κ1) is 10.5. The Hall–Kier alpha value is -1.97. The van der Waals surface area contributed by atoms with Crippen LogP contribution < -0.4 is 0 Å². The minimum atomic E-state index is -0.903. The van der Waals surface area contributed by atoms with Crippen molar-refractivity contribution in [2.45, 2.75) is 6.92 Å². The highest BCUT2D eigenvalue weighted by molar-refractivity contribution is 6.22. The third kappa shape index (κ3) is 1.62. The lowest BCUT2D eigenvalue weighted by Gasteiger charge is -2.15. The van der Waals surface area contributed by atoms with Crippen LogP contribution in [-0.4, -0.2) is 25.1 Å². The monoisotopic (exact) mass is 217 g/mol. The SMILES string of the molecule is COC(=O)C1C=Nc2ccc(C)cc2C1=O. The maximum Gasteiger partial charge on any atom is 0.322 e. The number of esters is 1. The van der Waals surface area contributed by atoms with Crippen LogP contribution in [0.4, 0.5) is 5.69 Å². The largest absolute Gasteiger partial charge is 0.468 e. The number of carbonyl (C=O) groups excluding carboxylic acids is 2. The van der Waals surface area contributed by atoms with Crippen molar-refractivity contribution in [1.29, 1.82) is 0 Å². The minimum Gasteiger partial charge on any atom is -0.468 e. The van der Waals surface area contributed by atoms with Crippen molar-refractivity contribution < 1.29 is 14.3 Å². The van der Waals surface area contributed by atoms with Crippen LogP contribution >= 0.6 is 0 Å². The zero-order valence-corrected chi connectivity index (χ0v) is 9.06. The van der Waals surface area contributed by atoms with Crippen molar-refractivity contribution in [3.8, 4) is 0 Å². The molecule has 82 valence electrons. The molecule has 0 saturated heterocycles. The van der Waals surface area contributed by atoms with Gasteiger partial charge in [-0.15, -0.1) is 0 Å². The molecule has 2 rings (SSSR count). The molecule has 1 aromatic rings. The summed E-state index contributed by atoms with van der Waals surface area (Å²) in [5.41, 5.74) is 2.06. The van der Waals surface area contributed by atoms with Gasteiger partial charge >= 0.3 is 5.97 Å². The van der Waals surface area contributed by atoms with Gasteiger partial charge in [0.25, 0.3) is 0 Å². The third-order valence-corrected chi connectivity index (χ3v) is 2.52. The minimum absolute atomic E-state index is 0.249. The van der Waals surface area contributed by atoms with E-state index in [4.69, 9.17) is 0 Å². The maximum atomic E-state index is 12.0. The highest BCUT2D eigenvalue weighted by Gasteiger charge is 2.31. The van der Waals surface area contributed by atoms with Gasteiger partial charge in [-0.25, -0.2) is 0 Å². The van der Waals surface area contributed by atoms with Gasteiger partial charge in [-0.05, 0) is 19.1 Å². The van der Waals surface area contributed by atoms with Crippen molar-refractivity contribution in [3.63, 3.8) is 0 Å². The molecule has 1 atom stereocenters. The van der Waals surface area contributed by atoms with Crippen LogP contribution in [0.3, 0.4) is 0 Å². The number of hydrogen-bond donors (Lipinski definition) is 0. The Balaban J connectivity index is 2.45. The zero-order chi connectivity index (χ0) is 11.7. The summed E-state index contributed by atoms with van der Waals surface area (Å²) < 4.78 is 4.55. The van der Waals surface area contributed by atoms with Gasteiger partial charge in [0.15, 0.2) is 11.7 Å². The number of aliphatic imine (C=N–C) groups is 1. The molecule has 0 aromatic heterocycles. The molecule has 0 saturated carbocycles. The van der Waals surface area contributed by atoms with Gasteiger partial charge in [-0.1, -0.05) is 11.6 Å². The molecule has 0 amide bonds. The van der Waals surface area contributed by atoms with Gasteiger partial charge in [0.05, 0.1) is 12.8 Å². The Kier molecular flexibility index (Phi) is 2.56. The average molecular weight is 217 g/mol. The second-order valence-electron chi connectivity index (χ2n) is 3.66. The number of methoxy groups -OCH3 is 1. The number of benzene rings is 1. The van der Waals surface area contributed by atoms with E-state index in [1.165, 1.54) is 13.3 Å². The predicted octanol–water partition coefficient (Wildman–Crippen LogP) is 1.68. The number of aryl methyl sites for hydroxylation is 1. The third-order valence-electron chi connectivity index (χ3n) is 2.52. The van der Waals surface area contributed by atoms with Crippen LogP contribution in [0.5, 0.6) is 0 Å². The van der Waals surface area contributed by atoms with E-state index in [1.807, 2.05) is 13.0 Å². The molecule has 16 heavy (non-hydrogen) atoms. The summed E-state index contributed by atoms with van der Waals surface area (Å²) in [5, 5.41) is 0. The molecular formula is C12H11NO3. The Morgan fingerprint density at radius 1 is 1.44 bits per heavy atom. The summed E-state index contributed by atoms with van der Waals surface area (Å²) in [6.07, 6.45) is 1.34. The van der Waals surface area contributed by atoms with Gasteiger partial charge < -0.3 is 4.74 Å². The number of fused-ring (bicyclic) bond motifs is 1. The fourth-order valence-electron chi connectivity index (χ4n) is 1.64. The normalized spacial score (nSPS) is 18.1. The first-order chi connectivity index (χ1) is 7.63. The fourth-order valence-corrected chi connectivity index (χ4v) is 1.64. The number of carbonyl (C=O) groups is 2. The number of rotatable bonds is 1. The molecule has 1 aliphatic heterocycles. The van der Waals surface area contributed by atoms with Crippen LogP contribution in [0.2, 0.25) is 0 Å². The Morgan fingerprint density at radius 2 is 2.19 bits per heavy atom. The zero-order valence-electron chi connectivity index (χ0n) is 9.06. The summed E-state index contributed by atoms with van der Waals surface area (Å²) in [6.45, 7) is 1.89. The number of nitrogens with zero attached hydrogens (tertiary/aromatic N) is 1. The Bertz CT molecular complexity index is 491. The number of hydrogen-bond acceptors (Lipinski definition) is 4. The molecule has 1 aromatic carbocycles. The van der Waals surface area contributed by atoms with E-state index < -0.39 is 11.9 Å². The first-order valence-electron chi connectivity index (χ1n) is 4.90. The summed E-state index contributed by atoms with van der Waals surface area (Å²) in [4.78, 5) is 27.4. The van der Waals surface area contributed by atoms with E-state index in [0.29, 0.717) is 11.3 Å². The standard InChI is InChI=1S/C12H11NO3/c1-7-3-4-10-8(5-7)11(14)9(6-13-10)12(15)16-2/h3-6,9H,1-2H3. The highest BCUT2D eigenvalue weighted by atomic mass is 16.5. The first-order valence-corrected chi connectivity index (χ1v) is 4.90. The second kappa shape index (κ2) is 3.89. The molecule has 0 radical (unpaired) electrons. The number of ether oxygens (including phenoxy) is 1. The fraction of sp³-hybridized carbons (Fsp3) is 0.250. The average Bonchev–Trinajstić information content (AvgIpc) is 2.29. The van der Waals surface area contributed by atoms with Crippen molar-refractivity contribution in [3.05, 3.63) is 29.3 Å². The molecular weight excluding hydrogens is 206 g/mol. The molecule has 4 nitrogen and oxygen atoms in total. The van der Waals surface area contributed by atoms with Crippen LogP contribution in [0.15, 0.2) is 23.2 Å².